The molecule has 2 atom stereocenters. The molecule has 0 N–H and O–H groups in total. The third-order valence-electron chi connectivity index (χ3n) is 8.97. The van der Waals surface area contributed by atoms with E-state index in [1.807, 2.05) is 32.9 Å². The van der Waals surface area contributed by atoms with Crippen LogP contribution >= 0.6 is 11.6 Å². The Bertz CT molecular complexity index is 1600. The van der Waals surface area contributed by atoms with Crippen LogP contribution < -0.4 is 14.5 Å². The summed E-state index contributed by atoms with van der Waals surface area (Å²) in [4.78, 5) is 35.3. The van der Waals surface area contributed by atoms with Crippen LogP contribution in [0.2, 0.25) is 5.02 Å². The fraction of sp³-hybridized carbons (Fsp3) is 0.529. The maximum Gasteiger partial charge on any atom is 0.410 e. The summed E-state index contributed by atoms with van der Waals surface area (Å²) in [5.74, 6) is 0.842. The number of hydrogen-bond acceptors (Lipinski definition) is 8. The third kappa shape index (κ3) is 6.90. The average molecular weight is 632 g/mol. The minimum Gasteiger partial charge on any atom is -0.462 e. The van der Waals surface area contributed by atoms with Gasteiger partial charge in [-0.15, -0.1) is 0 Å². The Hall–Kier alpha value is -3.81. The van der Waals surface area contributed by atoms with Crippen LogP contribution in [-0.4, -0.2) is 96.5 Å². The van der Waals surface area contributed by atoms with E-state index in [0.29, 0.717) is 49.9 Å². The zero-order valence-electron chi connectivity index (χ0n) is 26.6. The number of amides is 1. The Morgan fingerprint density at radius 1 is 1.09 bits per heavy atom. The van der Waals surface area contributed by atoms with Crippen LogP contribution in [-0.2, 0) is 17.7 Å². The first kappa shape index (κ1) is 31.2. The first-order valence-electron chi connectivity index (χ1n) is 15.8. The fourth-order valence-electron chi connectivity index (χ4n) is 6.66. The second-order valence-corrected chi connectivity index (χ2v) is 13.7. The molecule has 3 aromatic rings. The van der Waals surface area contributed by atoms with Gasteiger partial charge in [-0.1, -0.05) is 29.8 Å². The fourth-order valence-corrected chi connectivity index (χ4v) is 6.83. The predicted octanol–water partition coefficient (Wildman–Crippen LogP) is 5.66. The number of piperazine rings is 1. The molecule has 238 valence electrons. The number of rotatable bonds is 6. The van der Waals surface area contributed by atoms with Crippen LogP contribution in [0.5, 0.6) is 6.01 Å². The molecule has 1 amide bonds. The number of benzene rings is 2. The Morgan fingerprint density at radius 3 is 2.69 bits per heavy atom. The van der Waals surface area contributed by atoms with E-state index < -0.39 is 5.60 Å². The topological polar surface area (TPSA) is 78.6 Å². The van der Waals surface area contributed by atoms with Gasteiger partial charge in [-0.25, -0.2) is 11.4 Å². The lowest BCUT2D eigenvalue weighted by Crippen LogP contribution is -2.57. The molecule has 2 fully saturated rings. The van der Waals surface area contributed by atoms with E-state index in [-0.39, 0.29) is 18.7 Å². The molecule has 0 aliphatic carbocycles. The average Bonchev–Trinajstić information content (AvgIpc) is 3.42. The third-order valence-corrected chi connectivity index (χ3v) is 9.21. The van der Waals surface area contributed by atoms with Crippen LogP contribution in [0, 0.1) is 6.57 Å². The zero-order chi connectivity index (χ0) is 31.7. The Kier molecular flexibility index (Phi) is 8.94. The van der Waals surface area contributed by atoms with Crippen molar-refractivity contribution in [2.45, 2.75) is 64.3 Å². The summed E-state index contributed by atoms with van der Waals surface area (Å²) < 4.78 is 12.0. The number of ether oxygens (including phenoxy) is 2. The van der Waals surface area contributed by atoms with Gasteiger partial charge in [-0.3, -0.25) is 4.90 Å². The Balaban J connectivity index is 1.31. The molecule has 3 aliphatic heterocycles. The van der Waals surface area contributed by atoms with E-state index >= 15 is 0 Å². The van der Waals surface area contributed by atoms with Crippen molar-refractivity contribution in [3.8, 4) is 6.01 Å². The summed E-state index contributed by atoms with van der Waals surface area (Å²) in [5.41, 5.74) is 2.56. The van der Waals surface area contributed by atoms with Gasteiger partial charge < -0.3 is 29.0 Å². The van der Waals surface area contributed by atoms with Crippen molar-refractivity contribution >= 4 is 40.0 Å². The van der Waals surface area contributed by atoms with Crippen molar-refractivity contribution < 1.29 is 14.3 Å². The quantitative estimate of drug-likeness (QED) is 0.323. The highest BCUT2D eigenvalue weighted by molar-refractivity contribution is 6.31. The van der Waals surface area contributed by atoms with Crippen LogP contribution in [0.3, 0.4) is 0 Å². The highest BCUT2D eigenvalue weighted by Gasteiger charge is 2.37. The first-order valence-corrected chi connectivity index (χ1v) is 16.2. The number of likely N-dealkylation sites (N-methyl/N-ethyl adjacent to an activating group) is 1. The molecule has 10 nitrogen and oxygen atoms in total. The van der Waals surface area contributed by atoms with Crippen LogP contribution in [0.25, 0.3) is 15.6 Å². The largest absolute Gasteiger partial charge is 0.462 e. The highest BCUT2D eigenvalue weighted by Crippen LogP contribution is 2.36. The van der Waals surface area contributed by atoms with Crippen molar-refractivity contribution in [1.82, 2.24) is 19.8 Å². The van der Waals surface area contributed by atoms with Crippen molar-refractivity contribution in [2.75, 3.05) is 62.7 Å². The number of fused-ring (bicyclic) bond motifs is 2. The molecule has 4 heterocycles. The molecule has 1 unspecified atom stereocenters. The van der Waals surface area contributed by atoms with Crippen LogP contribution in [0.4, 0.5) is 16.3 Å². The van der Waals surface area contributed by atoms with Gasteiger partial charge in [0.1, 0.15) is 24.1 Å². The molecule has 2 saturated heterocycles. The van der Waals surface area contributed by atoms with Gasteiger partial charge in [0, 0.05) is 53.9 Å². The van der Waals surface area contributed by atoms with E-state index in [4.69, 9.17) is 37.6 Å². The molecular formula is C34H42ClN7O3. The summed E-state index contributed by atoms with van der Waals surface area (Å²) in [6.07, 6.45) is 2.63. The van der Waals surface area contributed by atoms with Gasteiger partial charge in [0.2, 0.25) is 6.54 Å². The number of halogens is 1. The van der Waals surface area contributed by atoms with Gasteiger partial charge >= 0.3 is 12.1 Å². The molecule has 3 aliphatic rings. The monoisotopic (exact) mass is 631 g/mol. The Morgan fingerprint density at radius 2 is 1.93 bits per heavy atom. The van der Waals surface area contributed by atoms with Gasteiger partial charge in [0.25, 0.3) is 0 Å². The number of hydrogen-bond donors (Lipinski definition) is 0. The van der Waals surface area contributed by atoms with Gasteiger partial charge in [0.15, 0.2) is 0 Å². The van der Waals surface area contributed by atoms with E-state index in [1.165, 1.54) is 0 Å². The van der Waals surface area contributed by atoms with Gasteiger partial charge in [0.05, 0.1) is 12.2 Å². The van der Waals surface area contributed by atoms with Crippen LogP contribution in [0.15, 0.2) is 36.4 Å². The molecule has 0 saturated carbocycles. The van der Waals surface area contributed by atoms with E-state index in [1.54, 1.807) is 4.90 Å². The number of aromatic nitrogens is 2. The molecule has 0 bridgehead atoms. The summed E-state index contributed by atoms with van der Waals surface area (Å²) >= 11 is 6.42. The lowest BCUT2D eigenvalue weighted by Gasteiger charge is -2.41. The highest BCUT2D eigenvalue weighted by atomic mass is 35.5. The first-order chi connectivity index (χ1) is 21.6. The number of anilines is 2. The predicted molar refractivity (Wildman–Crippen MR) is 177 cm³/mol. The maximum atomic E-state index is 13.1. The summed E-state index contributed by atoms with van der Waals surface area (Å²) in [6, 6.07) is 12.7. The zero-order valence-corrected chi connectivity index (χ0v) is 27.4. The van der Waals surface area contributed by atoms with Crippen molar-refractivity contribution in [1.29, 1.82) is 0 Å². The van der Waals surface area contributed by atoms with E-state index in [2.05, 4.69) is 50.9 Å². The molecule has 45 heavy (non-hydrogen) atoms. The molecule has 1 aromatic heterocycles. The summed E-state index contributed by atoms with van der Waals surface area (Å²) in [7, 11) is 2.14. The van der Waals surface area contributed by atoms with E-state index in [9.17, 15) is 4.79 Å². The minimum absolute atomic E-state index is 0.192. The molecular weight excluding hydrogens is 590 g/mol. The standard InChI is InChI=1S/C34H42ClN7O3/c1-34(2,3)45-33(43)42-17-16-41(20-26(42)19-36-4)31-27-13-15-40(30-10-6-8-23-11-12-24(35)18-28(23)30)21-29(27)37-32(38-31)44-22-25-9-7-14-39(25)5/h6,8,10-12,18,25-26H,7,9,13-17,19-22H2,1-3,5H3/t25-,26?/m0/s1. The maximum absolute atomic E-state index is 13.1. The molecule has 11 heteroatoms. The van der Waals surface area contributed by atoms with Gasteiger partial charge in [-0.05, 0) is 77.2 Å². The second-order valence-electron chi connectivity index (χ2n) is 13.3. The number of carbonyl (C=O) groups excluding carboxylic acids is 1. The number of carbonyl (C=O) groups is 1. The lowest BCUT2D eigenvalue weighted by atomic mass is 10.0. The smallest absolute Gasteiger partial charge is 0.410 e. The normalized spacial score (nSPS) is 20.7. The van der Waals surface area contributed by atoms with Crippen molar-refractivity contribution in [3.05, 3.63) is 64.1 Å². The molecule has 2 aromatic carbocycles. The number of nitrogens with zero attached hydrogens (tertiary/aromatic N) is 7. The SMILES string of the molecule is [C-]#[N+]CC1CN(c2nc(OC[C@@H]3CCCN3C)nc3c2CCN(c2cccc4ccc(Cl)cc24)C3)CCN1C(=O)OC(C)(C)C. The minimum atomic E-state index is -0.608. The van der Waals surface area contributed by atoms with Crippen molar-refractivity contribution in [2.24, 2.45) is 0 Å². The van der Waals surface area contributed by atoms with E-state index in [0.717, 1.165) is 65.9 Å². The summed E-state index contributed by atoms with van der Waals surface area (Å²) in [5, 5.41) is 2.97. The molecule has 0 radical (unpaired) electrons. The number of likely N-dealkylation sites (tertiary alicyclic amines) is 1. The lowest BCUT2D eigenvalue weighted by molar-refractivity contribution is 0.0155. The second kappa shape index (κ2) is 12.9. The van der Waals surface area contributed by atoms with Crippen molar-refractivity contribution in [3.63, 3.8) is 0 Å². The Labute approximate surface area is 270 Å². The van der Waals surface area contributed by atoms with Crippen LogP contribution in [0.1, 0.15) is 44.9 Å². The molecule has 6 rings (SSSR count). The van der Waals surface area contributed by atoms with Gasteiger partial charge in [-0.2, -0.15) is 9.97 Å². The summed E-state index contributed by atoms with van der Waals surface area (Å²) in [6.45, 7) is 17.9. The molecule has 0 spiro atoms.